The van der Waals surface area contributed by atoms with Gasteiger partial charge < -0.3 is 9.73 Å². The molecule has 2 N–H and O–H groups in total. The molecule has 3 rings (SSSR count). The van der Waals surface area contributed by atoms with E-state index < -0.39 is 0 Å². The van der Waals surface area contributed by atoms with E-state index in [1.165, 1.54) is 29.7 Å². The summed E-state index contributed by atoms with van der Waals surface area (Å²) >= 11 is 1.24. The van der Waals surface area contributed by atoms with Gasteiger partial charge in [0.15, 0.2) is 10.9 Å². The molecule has 134 valence electrons. The maximum Gasteiger partial charge on any atom is 0.293 e. The van der Waals surface area contributed by atoms with Crippen LogP contribution in [0.5, 0.6) is 0 Å². The Morgan fingerprint density at radius 2 is 2.00 bits per heavy atom. The fourth-order valence-electron chi connectivity index (χ4n) is 2.24. The van der Waals surface area contributed by atoms with Crippen LogP contribution >= 0.6 is 11.3 Å². The Kier molecular flexibility index (Phi) is 5.75. The van der Waals surface area contributed by atoms with Gasteiger partial charge in [-0.2, -0.15) is 0 Å². The van der Waals surface area contributed by atoms with E-state index >= 15 is 0 Å². The van der Waals surface area contributed by atoms with Crippen molar-refractivity contribution in [1.82, 2.24) is 10.3 Å². The molecular weight excluding hydrogens is 357 g/mol. The summed E-state index contributed by atoms with van der Waals surface area (Å²) in [4.78, 5) is 28.0. The minimum atomic E-state index is -0.389. The first-order chi connectivity index (χ1) is 12.6. The van der Waals surface area contributed by atoms with Gasteiger partial charge in [0.2, 0.25) is 5.91 Å². The Morgan fingerprint density at radius 1 is 1.19 bits per heavy atom. The smallest absolute Gasteiger partial charge is 0.293 e. The molecule has 0 aliphatic rings. The molecule has 0 aliphatic heterocycles. The number of carbonyl (C=O) groups excluding carboxylic acids is 2. The summed E-state index contributed by atoms with van der Waals surface area (Å²) in [7, 11) is 0. The van der Waals surface area contributed by atoms with Crippen molar-refractivity contribution >= 4 is 28.3 Å². The quantitative estimate of drug-likeness (QED) is 0.667. The zero-order valence-corrected chi connectivity index (χ0v) is 14.5. The van der Waals surface area contributed by atoms with Crippen molar-refractivity contribution < 1.29 is 18.4 Å². The number of thiazole rings is 1. The number of nitrogens with one attached hydrogen (secondary N) is 2. The van der Waals surface area contributed by atoms with Crippen LogP contribution in [-0.4, -0.2) is 23.3 Å². The lowest BCUT2D eigenvalue weighted by atomic mass is 10.1. The van der Waals surface area contributed by atoms with Crippen LogP contribution in [0.3, 0.4) is 0 Å². The molecule has 0 aliphatic carbocycles. The van der Waals surface area contributed by atoms with Crippen LogP contribution in [0.15, 0.2) is 52.5 Å². The SMILES string of the molecule is O=C(Cc1csc(NC(=O)c2ccco2)n1)NCCc1ccc(F)cc1. The molecule has 0 atom stereocenters. The van der Waals surface area contributed by atoms with Crippen molar-refractivity contribution in [1.29, 1.82) is 0 Å². The van der Waals surface area contributed by atoms with E-state index in [9.17, 15) is 14.0 Å². The summed E-state index contributed by atoms with van der Waals surface area (Å²) in [6, 6.07) is 9.35. The second kappa shape index (κ2) is 8.39. The number of furan rings is 1. The fraction of sp³-hybridized carbons (Fsp3) is 0.167. The lowest BCUT2D eigenvalue weighted by molar-refractivity contribution is -0.120. The fourth-order valence-corrected chi connectivity index (χ4v) is 2.94. The van der Waals surface area contributed by atoms with Crippen molar-refractivity contribution in [2.75, 3.05) is 11.9 Å². The van der Waals surface area contributed by atoms with E-state index in [0.717, 1.165) is 5.56 Å². The maximum absolute atomic E-state index is 12.8. The Labute approximate surface area is 153 Å². The van der Waals surface area contributed by atoms with Crippen LogP contribution in [0.4, 0.5) is 9.52 Å². The molecule has 1 aromatic carbocycles. The van der Waals surface area contributed by atoms with Crippen LogP contribution < -0.4 is 10.6 Å². The average Bonchev–Trinajstić information content (AvgIpc) is 3.29. The number of aromatic nitrogens is 1. The normalized spacial score (nSPS) is 10.5. The van der Waals surface area contributed by atoms with Crippen molar-refractivity contribution in [3.63, 3.8) is 0 Å². The lowest BCUT2D eigenvalue weighted by Gasteiger charge is -2.04. The van der Waals surface area contributed by atoms with Gasteiger partial charge in [-0.25, -0.2) is 9.37 Å². The van der Waals surface area contributed by atoms with Gasteiger partial charge in [-0.05, 0) is 36.2 Å². The van der Waals surface area contributed by atoms with Crippen molar-refractivity contribution in [3.05, 3.63) is 70.9 Å². The minimum Gasteiger partial charge on any atom is -0.459 e. The van der Waals surface area contributed by atoms with Crippen LogP contribution in [0, 0.1) is 5.82 Å². The molecule has 2 aromatic heterocycles. The molecule has 0 radical (unpaired) electrons. The predicted octanol–water partition coefficient (Wildman–Crippen LogP) is 3.03. The Hall–Kier alpha value is -3.00. The van der Waals surface area contributed by atoms with E-state index in [-0.39, 0.29) is 29.8 Å². The molecule has 2 heterocycles. The van der Waals surface area contributed by atoms with Gasteiger partial charge in [-0.15, -0.1) is 11.3 Å². The predicted molar refractivity (Wildman–Crippen MR) is 95.6 cm³/mol. The number of nitrogens with zero attached hydrogens (tertiary/aromatic N) is 1. The van der Waals surface area contributed by atoms with Gasteiger partial charge in [0, 0.05) is 11.9 Å². The summed E-state index contributed by atoms with van der Waals surface area (Å²) in [6.07, 6.45) is 2.16. The number of halogens is 1. The number of amides is 2. The highest BCUT2D eigenvalue weighted by atomic mass is 32.1. The van der Waals surface area contributed by atoms with Gasteiger partial charge in [0.05, 0.1) is 18.4 Å². The van der Waals surface area contributed by atoms with E-state index in [0.29, 0.717) is 23.8 Å². The lowest BCUT2D eigenvalue weighted by Crippen LogP contribution is -2.27. The molecule has 0 saturated carbocycles. The summed E-state index contributed by atoms with van der Waals surface area (Å²) < 4.78 is 17.8. The molecule has 0 fully saturated rings. The second-order valence-corrected chi connectivity index (χ2v) is 6.34. The summed E-state index contributed by atoms with van der Waals surface area (Å²) in [5.41, 5.74) is 1.52. The molecule has 0 spiro atoms. The summed E-state index contributed by atoms with van der Waals surface area (Å²) in [5.74, 6) is -0.641. The van der Waals surface area contributed by atoms with Gasteiger partial charge >= 0.3 is 0 Å². The van der Waals surface area contributed by atoms with Crippen LogP contribution in [0.25, 0.3) is 0 Å². The average molecular weight is 373 g/mol. The summed E-state index contributed by atoms with van der Waals surface area (Å²) in [6.45, 7) is 0.455. The molecule has 0 unspecified atom stereocenters. The van der Waals surface area contributed by atoms with Gasteiger partial charge in [-0.1, -0.05) is 12.1 Å². The molecule has 0 bridgehead atoms. The molecule has 0 saturated heterocycles. The van der Waals surface area contributed by atoms with Crippen LogP contribution in [0.1, 0.15) is 21.8 Å². The van der Waals surface area contributed by atoms with Crippen molar-refractivity contribution in [2.45, 2.75) is 12.8 Å². The first kappa shape index (κ1) is 17.8. The number of benzene rings is 1. The van der Waals surface area contributed by atoms with Crippen molar-refractivity contribution in [3.8, 4) is 0 Å². The number of hydrogen-bond acceptors (Lipinski definition) is 5. The van der Waals surface area contributed by atoms with E-state index in [4.69, 9.17) is 4.42 Å². The van der Waals surface area contributed by atoms with Crippen LogP contribution in [-0.2, 0) is 17.6 Å². The van der Waals surface area contributed by atoms with Gasteiger partial charge in [0.1, 0.15) is 5.82 Å². The maximum atomic E-state index is 12.8. The number of anilines is 1. The molecule has 26 heavy (non-hydrogen) atoms. The highest BCUT2D eigenvalue weighted by molar-refractivity contribution is 7.14. The largest absolute Gasteiger partial charge is 0.459 e. The Balaban J connectivity index is 1.44. The monoisotopic (exact) mass is 373 g/mol. The zero-order chi connectivity index (χ0) is 18.4. The van der Waals surface area contributed by atoms with Crippen LogP contribution in [0.2, 0.25) is 0 Å². The first-order valence-corrected chi connectivity index (χ1v) is 8.78. The zero-order valence-electron chi connectivity index (χ0n) is 13.7. The standard InChI is InChI=1S/C18H16FN3O3S/c19-13-5-3-12(4-6-13)7-8-20-16(23)10-14-11-26-18(21-14)22-17(24)15-2-1-9-25-15/h1-6,9,11H,7-8,10H2,(H,20,23)(H,21,22,24). The summed E-state index contributed by atoms with van der Waals surface area (Å²) in [5, 5.41) is 7.54. The second-order valence-electron chi connectivity index (χ2n) is 5.48. The van der Waals surface area contributed by atoms with Gasteiger partial charge in [-0.3, -0.25) is 14.9 Å². The molecule has 8 heteroatoms. The minimum absolute atomic E-state index is 0.122. The third-order valence-electron chi connectivity index (χ3n) is 3.51. The van der Waals surface area contributed by atoms with Gasteiger partial charge in [0.25, 0.3) is 5.91 Å². The number of rotatable bonds is 7. The third-order valence-corrected chi connectivity index (χ3v) is 4.31. The number of hydrogen-bond donors (Lipinski definition) is 2. The molecule has 3 aromatic rings. The first-order valence-electron chi connectivity index (χ1n) is 7.90. The molecular formula is C18H16FN3O3S. The highest BCUT2D eigenvalue weighted by Gasteiger charge is 2.12. The topological polar surface area (TPSA) is 84.2 Å². The molecule has 2 amide bonds. The Morgan fingerprint density at radius 3 is 2.73 bits per heavy atom. The number of carbonyl (C=O) groups is 2. The Bertz CT molecular complexity index is 875. The molecule has 6 nitrogen and oxygen atoms in total. The highest BCUT2D eigenvalue weighted by Crippen LogP contribution is 2.17. The van der Waals surface area contributed by atoms with Crippen molar-refractivity contribution in [2.24, 2.45) is 0 Å². The van der Waals surface area contributed by atoms with E-state index in [2.05, 4.69) is 15.6 Å². The van der Waals surface area contributed by atoms with E-state index in [1.807, 2.05) is 0 Å². The van der Waals surface area contributed by atoms with E-state index in [1.54, 1.807) is 29.6 Å². The third kappa shape index (κ3) is 5.00.